The molecule has 0 fully saturated rings. The van der Waals surface area contributed by atoms with Crippen molar-refractivity contribution in [1.29, 1.82) is 0 Å². The molecule has 122 valence electrons. The molecule has 0 aliphatic rings. The number of carbonyl (C=O) groups is 1. The lowest BCUT2D eigenvalue weighted by Gasteiger charge is -2.09. The van der Waals surface area contributed by atoms with Gasteiger partial charge in [0.1, 0.15) is 22.3 Å². The van der Waals surface area contributed by atoms with Crippen LogP contribution in [-0.2, 0) is 15.7 Å². The predicted octanol–water partition coefficient (Wildman–Crippen LogP) is 3.47. The number of ether oxygens (including phenoxy) is 1. The highest BCUT2D eigenvalue weighted by molar-refractivity contribution is 7.86. The Labute approximate surface area is 141 Å². The molecule has 0 amide bonds. The molecule has 0 aliphatic heterocycles. The Morgan fingerprint density at radius 1 is 1.04 bits per heavy atom. The molecule has 1 atom stereocenters. The molecular formula is C18H15NO4S. The van der Waals surface area contributed by atoms with E-state index >= 15 is 0 Å². The van der Waals surface area contributed by atoms with Crippen LogP contribution in [0.3, 0.4) is 0 Å². The van der Waals surface area contributed by atoms with Crippen LogP contribution >= 0.6 is 0 Å². The summed E-state index contributed by atoms with van der Waals surface area (Å²) < 4.78 is 19.8. The van der Waals surface area contributed by atoms with Crippen molar-refractivity contribution < 1.29 is 18.8 Å². The number of hydrogen-bond acceptors (Lipinski definition) is 4. The van der Waals surface area contributed by atoms with E-state index in [0.29, 0.717) is 10.6 Å². The molecule has 3 rings (SSSR count). The largest absolute Gasteiger partial charge is 0.507 e. The van der Waals surface area contributed by atoms with Crippen molar-refractivity contribution in [2.24, 2.45) is 0 Å². The van der Waals surface area contributed by atoms with Crippen LogP contribution < -0.4 is 4.72 Å². The van der Waals surface area contributed by atoms with Gasteiger partial charge in [-0.1, -0.05) is 30.3 Å². The summed E-state index contributed by atoms with van der Waals surface area (Å²) in [6.45, 7) is 0. The zero-order valence-corrected chi connectivity index (χ0v) is 13.7. The summed E-state index contributed by atoms with van der Waals surface area (Å²) >= 11 is 0. The summed E-state index contributed by atoms with van der Waals surface area (Å²) in [6.07, 6.45) is 0. The Morgan fingerprint density at radius 2 is 1.79 bits per heavy atom. The van der Waals surface area contributed by atoms with Gasteiger partial charge in [-0.2, -0.15) is 0 Å². The predicted molar refractivity (Wildman–Crippen MR) is 93.4 cm³/mol. The standard InChI is InChI=1S/C18H15NO4S/c1-23-18(21)16-9-7-14(11-17(16)20)19-24(22)15-8-6-12-4-2-3-5-13(12)10-15/h2-11,19-20H,1H3. The first-order valence-corrected chi connectivity index (χ1v) is 8.32. The number of anilines is 1. The summed E-state index contributed by atoms with van der Waals surface area (Å²) in [4.78, 5) is 12.1. The molecule has 24 heavy (non-hydrogen) atoms. The van der Waals surface area contributed by atoms with Crippen molar-refractivity contribution in [1.82, 2.24) is 0 Å². The van der Waals surface area contributed by atoms with Gasteiger partial charge in [-0.05, 0) is 35.0 Å². The number of esters is 1. The molecule has 3 aromatic carbocycles. The maximum Gasteiger partial charge on any atom is 0.341 e. The lowest BCUT2D eigenvalue weighted by molar-refractivity contribution is 0.0597. The average Bonchev–Trinajstić information content (AvgIpc) is 2.60. The van der Waals surface area contributed by atoms with Crippen LogP contribution in [0.15, 0.2) is 65.6 Å². The Morgan fingerprint density at radius 3 is 2.50 bits per heavy atom. The van der Waals surface area contributed by atoms with Crippen molar-refractivity contribution in [3.05, 3.63) is 66.2 Å². The van der Waals surface area contributed by atoms with E-state index in [-0.39, 0.29) is 11.3 Å². The van der Waals surface area contributed by atoms with Gasteiger partial charge in [-0.25, -0.2) is 9.00 Å². The van der Waals surface area contributed by atoms with Gasteiger partial charge in [0.05, 0.1) is 17.7 Å². The fraction of sp³-hybridized carbons (Fsp3) is 0.0556. The highest BCUT2D eigenvalue weighted by Gasteiger charge is 2.13. The van der Waals surface area contributed by atoms with E-state index in [1.165, 1.54) is 19.2 Å². The second-order valence-electron chi connectivity index (χ2n) is 5.10. The molecular weight excluding hydrogens is 326 g/mol. The number of hydrogen-bond donors (Lipinski definition) is 2. The van der Waals surface area contributed by atoms with Crippen LogP contribution in [0.4, 0.5) is 5.69 Å². The number of rotatable bonds is 4. The van der Waals surface area contributed by atoms with Crippen molar-refractivity contribution >= 4 is 33.4 Å². The van der Waals surface area contributed by atoms with Gasteiger partial charge in [-0.3, -0.25) is 0 Å². The van der Waals surface area contributed by atoms with E-state index in [1.54, 1.807) is 12.1 Å². The summed E-state index contributed by atoms with van der Waals surface area (Å²) in [7, 11) is -0.256. The first-order chi connectivity index (χ1) is 11.6. The first kappa shape index (κ1) is 16.0. The normalized spacial score (nSPS) is 11.9. The first-order valence-electron chi connectivity index (χ1n) is 7.17. The summed E-state index contributed by atoms with van der Waals surface area (Å²) in [5, 5.41) is 11.9. The molecule has 0 saturated carbocycles. The van der Waals surface area contributed by atoms with E-state index in [0.717, 1.165) is 10.8 Å². The SMILES string of the molecule is COC(=O)c1ccc(NS(=O)c2ccc3ccccc3c2)cc1O. The van der Waals surface area contributed by atoms with Crippen LogP contribution in [0.1, 0.15) is 10.4 Å². The van der Waals surface area contributed by atoms with Crippen LogP contribution in [-0.4, -0.2) is 22.4 Å². The van der Waals surface area contributed by atoms with Crippen LogP contribution in [0.25, 0.3) is 10.8 Å². The van der Waals surface area contributed by atoms with Gasteiger partial charge in [0.15, 0.2) is 0 Å². The number of phenolic OH excluding ortho intramolecular Hbond substituents is 1. The molecule has 0 radical (unpaired) electrons. The zero-order chi connectivity index (χ0) is 17.1. The van der Waals surface area contributed by atoms with Crippen molar-refractivity contribution in [3.63, 3.8) is 0 Å². The Balaban J connectivity index is 1.83. The Bertz CT molecular complexity index is 939. The van der Waals surface area contributed by atoms with Crippen molar-refractivity contribution in [2.75, 3.05) is 11.8 Å². The van der Waals surface area contributed by atoms with E-state index < -0.39 is 17.0 Å². The van der Waals surface area contributed by atoms with Gasteiger partial charge < -0.3 is 14.6 Å². The molecule has 5 nitrogen and oxygen atoms in total. The lowest BCUT2D eigenvalue weighted by atomic mass is 10.1. The summed E-state index contributed by atoms with van der Waals surface area (Å²) in [5.41, 5.74) is 0.492. The van der Waals surface area contributed by atoms with E-state index in [2.05, 4.69) is 9.46 Å². The third-order valence-corrected chi connectivity index (χ3v) is 4.65. The maximum absolute atomic E-state index is 12.5. The molecule has 0 saturated heterocycles. The highest BCUT2D eigenvalue weighted by atomic mass is 32.2. The van der Waals surface area contributed by atoms with Gasteiger partial charge in [0, 0.05) is 6.07 Å². The van der Waals surface area contributed by atoms with Crippen LogP contribution in [0.5, 0.6) is 5.75 Å². The van der Waals surface area contributed by atoms with Gasteiger partial charge in [-0.15, -0.1) is 0 Å². The number of carbonyl (C=O) groups excluding carboxylic acids is 1. The number of phenols is 1. The zero-order valence-electron chi connectivity index (χ0n) is 12.9. The second kappa shape index (κ2) is 6.72. The van der Waals surface area contributed by atoms with E-state index in [4.69, 9.17) is 0 Å². The fourth-order valence-corrected chi connectivity index (χ4v) is 3.21. The van der Waals surface area contributed by atoms with E-state index in [9.17, 15) is 14.1 Å². The number of benzene rings is 3. The lowest BCUT2D eigenvalue weighted by Crippen LogP contribution is -2.06. The summed E-state index contributed by atoms with van der Waals surface area (Å²) in [5.74, 6) is -0.864. The molecule has 3 aromatic rings. The van der Waals surface area contributed by atoms with Gasteiger partial charge in [0.2, 0.25) is 0 Å². The molecule has 0 spiro atoms. The molecule has 0 aromatic heterocycles. The third-order valence-electron chi connectivity index (χ3n) is 3.55. The number of nitrogens with one attached hydrogen (secondary N) is 1. The third kappa shape index (κ3) is 3.23. The maximum atomic E-state index is 12.5. The Hall–Kier alpha value is -2.86. The molecule has 0 heterocycles. The fourth-order valence-electron chi connectivity index (χ4n) is 2.33. The highest BCUT2D eigenvalue weighted by Crippen LogP contribution is 2.24. The Kier molecular flexibility index (Phi) is 4.48. The van der Waals surface area contributed by atoms with Gasteiger partial charge >= 0.3 is 5.97 Å². The molecule has 0 bridgehead atoms. The van der Waals surface area contributed by atoms with Gasteiger partial charge in [0.25, 0.3) is 0 Å². The number of fused-ring (bicyclic) bond motifs is 1. The quantitative estimate of drug-likeness (QED) is 0.713. The smallest absolute Gasteiger partial charge is 0.341 e. The van der Waals surface area contributed by atoms with Crippen molar-refractivity contribution in [2.45, 2.75) is 4.90 Å². The molecule has 6 heteroatoms. The van der Waals surface area contributed by atoms with Crippen molar-refractivity contribution in [3.8, 4) is 5.75 Å². The molecule has 2 N–H and O–H groups in total. The van der Waals surface area contributed by atoms with Crippen LogP contribution in [0, 0.1) is 0 Å². The topological polar surface area (TPSA) is 75.6 Å². The minimum atomic E-state index is -1.50. The second-order valence-corrected chi connectivity index (χ2v) is 6.32. The minimum Gasteiger partial charge on any atom is -0.507 e. The number of aromatic hydroxyl groups is 1. The van der Waals surface area contributed by atoms with Crippen LogP contribution in [0.2, 0.25) is 0 Å². The number of methoxy groups -OCH3 is 1. The minimum absolute atomic E-state index is 0.0551. The summed E-state index contributed by atoms with van der Waals surface area (Å²) in [6, 6.07) is 17.7. The monoisotopic (exact) mass is 341 g/mol. The van der Waals surface area contributed by atoms with E-state index in [1.807, 2.05) is 36.4 Å². The average molecular weight is 341 g/mol. The molecule has 1 unspecified atom stereocenters. The molecule has 0 aliphatic carbocycles.